The molecule has 0 aliphatic carbocycles. The van der Waals surface area contributed by atoms with Crippen molar-refractivity contribution >= 4 is 0 Å². The lowest BCUT2D eigenvalue weighted by molar-refractivity contribution is -0.134. The number of rotatable bonds is 2. The Bertz CT molecular complexity index is 165. The summed E-state index contributed by atoms with van der Waals surface area (Å²) in [5, 5.41) is 0. The molecule has 0 aromatic carbocycles. The Balaban J connectivity index is 2.48. The van der Waals surface area contributed by atoms with Crippen LogP contribution in [0.2, 0.25) is 0 Å². The molecule has 1 atom stereocenters. The zero-order chi connectivity index (χ0) is 8.48. The topological polar surface area (TPSA) is 44.5 Å². The SMILES string of the molecule is C=C(CN)C1COC(C)(C)O1. The lowest BCUT2D eigenvalue weighted by atomic mass is 10.2. The first-order chi connectivity index (χ1) is 5.05. The van der Waals surface area contributed by atoms with Gasteiger partial charge >= 0.3 is 0 Å². The summed E-state index contributed by atoms with van der Waals surface area (Å²) >= 11 is 0. The molecule has 1 heterocycles. The number of hydrogen-bond donors (Lipinski definition) is 1. The number of ether oxygens (including phenoxy) is 2. The Hall–Kier alpha value is -0.380. The van der Waals surface area contributed by atoms with Gasteiger partial charge in [-0.05, 0) is 19.4 Å². The van der Waals surface area contributed by atoms with E-state index in [0.29, 0.717) is 13.2 Å². The zero-order valence-corrected chi connectivity index (χ0v) is 7.09. The van der Waals surface area contributed by atoms with E-state index in [1.54, 1.807) is 0 Å². The molecule has 1 fully saturated rings. The third-order valence-corrected chi connectivity index (χ3v) is 1.73. The Morgan fingerprint density at radius 3 is 2.73 bits per heavy atom. The maximum absolute atomic E-state index is 5.50. The first-order valence-corrected chi connectivity index (χ1v) is 3.74. The molecule has 3 heteroatoms. The third-order valence-electron chi connectivity index (χ3n) is 1.73. The van der Waals surface area contributed by atoms with Crippen LogP contribution < -0.4 is 5.73 Å². The molecule has 2 N–H and O–H groups in total. The second kappa shape index (κ2) is 2.93. The van der Waals surface area contributed by atoms with Crippen molar-refractivity contribution in [2.75, 3.05) is 13.2 Å². The van der Waals surface area contributed by atoms with Crippen molar-refractivity contribution in [3.05, 3.63) is 12.2 Å². The van der Waals surface area contributed by atoms with Crippen LogP contribution in [0.25, 0.3) is 0 Å². The highest BCUT2D eigenvalue weighted by Gasteiger charge is 2.33. The molecule has 1 rings (SSSR count). The van der Waals surface area contributed by atoms with Crippen LogP contribution in [-0.2, 0) is 9.47 Å². The highest BCUT2D eigenvalue weighted by Crippen LogP contribution is 2.25. The summed E-state index contributed by atoms with van der Waals surface area (Å²) in [6.45, 7) is 8.60. The molecule has 0 saturated carbocycles. The van der Waals surface area contributed by atoms with Crippen molar-refractivity contribution in [3.8, 4) is 0 Å². The highest BCUT2D eigenvalue weighted by molar-refractivity contribution is 5.05. The largest absolute Gasteiger partial charge is 0.347 e. The lowest BCUT2D eigenvalue weighted by Gasteiger charge is -2.17. The van der Waals surface area contributed by atoms with E-state index in [2.05, 4.69) is 6.58 Å². The predicted octanol–water partition coefficient (Wildman–Crippen LogP) is 0.653. The van der Waals surface area contributed by atoms with Crippen molar-refractivity contribution < 1.29 is 9.47 Å². The van der Waals surface area contributed by atoms with E-state index in [9.17, 15) is 0 Å². The normalized spacial score (nSPS) is 28.8. The second-order valence-corrected chi connectivity index (χ2v) is 3.18. The smallest absolute Gasteiger partial charge is 0.163 e. The van der Waals surface area contributed by atoms with E-state index in [4.69, 9.17) is 15.2 Å². The van der Waals surface area contributed by atoms with Gasteiger partial charge in [-0.25, -0.2) is 0 Å². The number of hydrogen-bond acceptors (Lipinski definition) is 3. The van der Waals surface area contributed by atoms with Gasteiger partial charge in [-0.2, -0.15) is 0 Å². The van der Waals surface area contributed by atoms with Crippen molar-refractivity contribution in [1.82, 2.24) is 0 Å². The van der Waals surface area contributed by atoms with Gasteiger partial charge in [-0.1, -0.05) is 6.58 Å². The second-order valence-electron chi connectivity index (χ2n) is 3.18. The summed E-state index contributed by atoms with van der Waals surface area (Å²) in [5.74, 6) is -0.469. The molecule has 1 unspecified atom stereocenters. The highest BCUT2D eigenvalue weighted by atomic mass is 16.7. The summed E-state index contributed by atoms with van der Waals surface area (Å²) in [4.78, 5) is 0. The van der Waals surface area contributed by atoms with Crippen LogP contribution in [0.4, 0.5) is 0 Å². The molecule has 64 valence electrons. The molecule has 3 nitrogen and oxygen atoms in total. The summed E-state index contributed by atoms with van der Waals surface area (Å²) in [7, 11) is 0. The standard InChI is InChI=1S/C8H15NO2/c1-6(4-9)7-5-10-8(2,3)11-7/h7H,1,4-5,9H2,2-3H3. The Kier molecular flexibility index (Phi) is 2.32. The molecule has 1 aliphatic heterocycles. The molecular weight excluding hydrogens is 142 g/mol. The van der Waals surface area contributed by atoms with E-state index in [1.165, 1.54) is 0 Å². The van der Waals surface area contributed by atoms with Crippen LogP contribution in [0.5, 0.6) is 0 Å². The van der Waals surface area contributed by atoms with Crippen molar-refractivity contribution in [2.24, 2.45) is 5.73 Å². The molecule has 11 heavy (non-hydrogen) atoms. The quantitative estimate of drug-likeness (QED) is 0.599. The minimum atomic E-state index is -0.469. The molecule has 1 aliphatic rings. The monoisotopic (exact) mass is 157 g/mol. The molecule has 0 spiro atoms. The van der Waals surface area contributed by atoms with Gasteiger partial charge in [0.2, 0.25) is 0 Å². The average molecular weight is 157 g/mol. The van der Waals surface area contributed by atoms with Crippen LogP contribution in [0.15, 0.2) is 12.2 Å². The van der Waals surface area contributed by atoms with Gasteiger partial charge < -0.3 is 15.2 Å². The summed E-state index contributed by atoms with van der Waals surface area (Å²) in [5.41, 5.74) is 6.30. The Morgan fingerprint density at radius 1 is 1.73 bits per heavy atom. The van der Waals surface area contributed by atoms with Gasteiger partial charge in [-0.3, -0.25) is 0 Å². The van der Waals surface area contributed by atoms with E-state index in [1.807, 2.05) is 13.8 Å². The Morgan fingerprint density at radius 2 is 2.36 bits per heavy atom. The van der Waals surface area contributed by atoms with Crippen LogP contribution in [-0.4, -0.2) is 25.0 Å². The van der Waals surface area contributed by atoms with Gasteiger partial charge in [0.1, 0.15) is 6.10 Å². The maximum atomic E-state index is 5.50. The van der Waals surface area contributed by atoms with E-state index in [-0.39, 0.29) is 6.10 Å². The zero-order valence-electron chi connectivity index (χ0n) is 7.09. The molecule has 1 saturated heterocycles. The predicted molar refractivity (Wildman–Crippen MR) is 43.1 cm³/mol. The molecule has 0 aromatic heterocycles. The van der Waals surface area contributed by atoms with Crippen LogP contribution in [0, 0.1) is 0 Å². The van der Waals surface area contributed by atoms with Crippen LogP contribution in [0.1, 0.15) is 13.8 Å². The fourth-order valence-electron chi connectivity index (χ4n) is 1.02. The first kappa shape index (κ1) is 8.71. The van der Waals surface area contributed by atoms with Gasteiger partial charge in [0, 0.05) is 6.54 Å². The molecule has 0 bridgehead atoms. The first-order valence-electron chi connectivity index (χ1n) is 3.74. The van der Waals surface area contributed by atoms with E-state index in [0.717, 1.165) is 5.57 Å². The van der Waals surface area contributed by atoms with E-state index < -0.39 is 5.79 Å². The van der Waals surface area contributed by atoms with E-state index >= 15 is 0 Å². The third kappa shape index (κ3) is 2.02. The van der Waals surface area contributed by atoms with Gasteiger partial charge in [0.25, 0.3) is 0 Å². The van der Waals surface area contributed by atoms with Crippen LogP contribution >= 0.6 is 0 Å². The van der Waals surface area contributed by atoms with Gasteiger partial charge in [0.15, 0.2) is 5.79 Å². The fraction of sp³-hybridized carbons (Fsp3) is 0.750. The Labute approximate surface area is 67.2 Å². The molecule has 0 amide bonds. The molecule has 0 radical (unpaired) electrons. The minimum absolute atomic E-state index is 0.0185. The summed E-state index contributed by atoms with van der Waals surface area (Å²) in [6, 6.07) is 0. The van der Waals surface area contributed by atoms with Crippen molar-refractivity contribution in [2.45, 2.75) is 25.7 Å². The van der Waals surface area contributed by atoms with Crippen molar-refractivity contribution in [1.29, 1.82) is 0 Å². The van der Waals surface area contributed by atoms with Gasteiger partial charge in [-0.15, -0.1) is 0 Å². The minimum Gasteiger partial charge on any atom is -0.347 e. The van der Waals surface area contributed by atoms with Gasteiger partial charge in [0.05, 0.1) is 6.61 Å². The lowest BCUT2D eigenvalue weighted by Crippen LogP contribution is -2.24. The van der Waals surface area contributed by atoms with Crippen LogP contribution in [0.3, 0.4) is 0 Å². The summed E-state index contributed by atoms with van der Waals surface area (Å²) < 4.78 is 10.8. The maximum Gasteiger partial charge on any atom is 0.163 e. The molecule has 0 aromatic rings. The number of nitrogens with two attached hydrogens (primary N) is 1. The summed E-state index contributed by atoms with van der Waals surface area (Å²) in [6.07, 6.45) is -0.0185. The average Bonchev–Trinajstić information content (AvgIpc) is 2.29. The molecular formula is C8H15NO2. The fourth-order valence-corrected chi connectivity index (χ4v) is 1.02. The van der Waals surface area contributed by atoms with Crippen molar-refractivity contribution in [3.63, 3.8) is 0 Å².